The summed E-state index contributed by atoms with van der Waals surface area (Å²) in [7, 11) is 0. The number of aliphatic carboxylic acids is 1. The van der Waals surface area contributed by atoms with Crippen molar-refractivity contribution in [2.24, 2.45) is 4.99 Å². The molecule has 1 atom stereocenters. The Bertz CT molecular complexity index is 1270. The quantitative estimate of drug-likeness (QED) is 0.714. The Morgan fingerprint density at radius 2 is 1.91 bits per heavy atom. The van der Waals surface area contributed by atoms with Gasteiger partial charge < -0.3 is 10.0 Å². The first-order valence-corrected chi connectivity index (χ1v) is 10.3. The second kappa shape index (κ2) is 7.97. The van der Waals surface area contributed by atoms with Crippen molar-refractivity contribution in [2.45, 2.75) is 38.9 Å². The van der Waals surface area contributed by atoms with Gasteiger partial charge in [-0.15, -0.1) is 0 Å². The van der Waals surface area contributed by atoms with Gasteiger partial charge in [0.2, 0.25) is 0 Å². The molecule has 4 rings (SSSR count). The molecule has 0 spiro atoms. The zero-order valence-corrected chi connectivity index (χ0v) is 18.0. The van der Waals surface area contributed by atoms with Crippen molar-refractivity contribution in [3.63, 3.8) is 0 Å². The first-order chi connectivity index (χ1) is 15.0. The maximum Gasteiger partial charge on any atom is 0.328 e. The molecule has 1 unspecified atom stereocenters. The van der Waals surface area contributed by atoms with Gasteiger partial charge in [0, 0.05) is 17.3 Å². The standard InChI is InChI=1S/C25H23F3N2O2/c1-14-10-17-16-6-4-5-7-20(16)29-23(17)24(30(14)13-25(2,3)28)22-18(26)11-15(12-19(22)27)8-9-21(31)32/h4-9,11-12,14H,10,13H2,1-3H3,(H,31,32)/b9-8+. The lowest BCUT2D eigenvalue weighted by Crippen LogP contribution is -2.43. The molecule has 0 radical (unpaired) electrons. The Morgan fingerprint density at radius 1 is 1.25 bits per heavy atom. The van der Waals surface area contributed by atoms with Gasteiger partial charge in [0.1, 0.15) is 17.3 Å². The molecule has 0 amide bonds. The van der Waals surface area contributed by atoms with Crippen LogP contribution in [0.5, 0.6) is 0 Å². The number of alkyl halides is 1. The fraction of sp³-hybridized carbons (Fsp3) is 0.280. The largest absolute Gasteiger partial charge is 0.478 e. The van der Waals surface area contributed by atoms with Crippen LogP contribution >= 0.6 is 0 Å². The molecular formula is C25H23F3N2O2. The van der Waals surface area contributed by atoms with E-state index < -0.39 is 23.3 Å². The smallest absolute Gasteiger partial charge is 0.328 e. The van der Waals surface area contributed by atoms with Crippen molar-refractivity contribution < 1.29 is 23.1 Å². The molecule has 2 heterocycles. The van der Waals surface area contributed by atoms with Crippen molar-refractivity contribution in [3.8, 4) is 0 Å². The van der Waals surface area contributed by atoms with E-state index in [1.165, 1.54) is 13.8 Å². The normalized spacial score (nSPS) is 18.1. The van der Waals surface area contributed by atoms with Crippen LogP contribution in [0.25, 0.3) is 17.3 Å². The molecule has 0 bridgehead atoms. The third-order valence-electron chi connectivity index (χ3n) is 5.56. The van der Waals surface area contributed by atoms with Crippen LogP contribution in [-0.4, -0.2) is 34.2 Å². The second-order valence-corrected chi connectivity index (χ2v) is 8.74. The van der Waals surface area contributed by atoms with Crippen molar-refractivity contribution in [1.82, 2.24) is 4.90 Å². The van der Waals surface area contributed by atoms with E-state index in [1.807, 2.05) is 31.2 Å². The number of carboxylic acids is 1. The maximum absolute atomic E-state index is 15.3. The first kappa shape index (κ1) is 21.9. The zero-order valence-electron chi connectivity index (χ0n) is 18.0. The molecule has 1 N–H and O–H groups in total. The van der Waals surface area contributed by atoms with Crippen molar-refractivity contribution in [3.05, 3.63) is 81.5 Å². The van der Waals surface area contributed by atoms with Gasteiger partial charge in [0.05, 0.1) is 28.9 Å². The van der Waals surface area contributed by atoms with E-state index in [0.29, 0.717) is 17.5 Å². The average Bonchev–Trinajstić information content (AvgIpc) is 3.05. The number of carboxylic acid groups (broad SMARTS) is 1. The fourth-order valence-corrected chi connectivity index (χ4v) is 4.29. The summed E-state index contributed by atoms with van der Waals surface area (Å²) in [5.74, 6) is -2.95. The van der Waals surface area contributed by atoms with Crippen LogP contribution in [0.1, 0.15) is 38.3 Å². The highest BCUT2D eigenvalue weighted by Gasteiger charge is 2.37. The number of nitrogens with zero attached hydrogens (tertiary/aromatic N) is 2. The molecule has 2 aliphatic heterocycles. The SMILES string of the molecule is CC1CC2=c3ccccc3=NC2=C(c2c(F)cc(/C=C/C(=O)O)cc2F)N1CC(C)(C)F. The predicted molar refractivity (Wildman–Crippen MR) is 117 cm³/mol. The van der Waals surface area contributed by atoms with Crippen molar-refractivity contribution >= 4 is 23.3 Å². The lowest BCUT2D eigenvalue weighted by molar-refractivity contribution is -0.131. The molecule has 32 heavy (non-hydrogen) atoms. The maximum atomic E-state index is 15.3. The molecule has 4 nitrogen and oxygen atoms in total. The zero-order chi connectivity index (χ0) is 23.2. The van der Waals surface area contributed by atoms with E-state index >= 15 is 8.78 Å². The van der Waals surface area contributed by atoms with Crippen LogP contribution in [0.15, 0.2) is 53.2 Å². The molecule has 0 aromatic heterocycles. The number of hydrogen-bond acceptors (Lipinski definition) is 3. The van der Waals surface area contributed by atoms with Crippen LogP contribution in [-0.2, 0) is 4.79 Å². The minimum atomic E-state index is -1.61. The number of benzene rings is 2. The van der Waals surface area contributed by atoms with Crippen molar-refractivity contribution in [2.75, 3.05) is 6.54 Å². The van der Waals surface area contributed by atoms with Gasteiger partial charge in [-0.1, -0.05) is 18.2 Å². The molecule has 166 valence electrons. The fourth-order valence-electron chi connectivity index (χ4n) is 4.29. The molecule has 0 saturated heterocycles. The monoisotopic (exact) mass is 440 g/mol. The molecule has 2 aliphatic rings. The summed E-state index contributed by atoms with van der Waals surface area (Å²) in [6.07, 6.45) is 2.50. The minimum absolute atomic E-state index is 0.0638. The number of halogens is 3. The number of rotatable bonds is 5. The van der Waals surface area contributed by atoms with E-state index in [4.69, 9.17) is 5.11 Å². The first-order valence-electron chi connectivity index (χ1n) is 10.3. The highest BCUT2D eigenvalue weighted by Crippen LogP contribution is 2.41. The Balaban J connectivity index is 1.98. The number of carbonyl (C=O) groups is 1. The third-order valence-corrected chi connectivity index (χ3v) is 5.56. The number of fused-ring (bicyclic) bond motifs is 2. The summed E-state index contributed by atoms with van der Waals surface area (Å²) in [5.41, 5.74) is -0.291. The summed E-state index contributed by atoms with van der Waals surface area (Å²) in [6, 6.07) is 9.42. The highest BCUT2D eigenvalue weighted by atomic mass is 19.1. The van der Waals surface area contributed by atoms with Crippen molar-refractivity contribution in [1.29, 1.82) is 0 Å². The molecule has 0 aliphatic carbocycles. The summed E-state index contributed by atoms with van der Waals surface area (Å²) in [5, 5.41) is 10.4. The summed E-state index contributed by atoms with van der Waals surface area (Å²) in [4.78, 5) is 17.1. The number of hydrogen-bond donors (Lipinski definition) is 1. The van der Waals surface area contributed by atoms with Gasteiger partial charge in [-0.05, 0) is 62.6 Å². The summed E-state index contributed by atoms with van der Waals surface area (Å²) < 4.78 is 45.4. The Kier molecular flexibility index (Phi) is 5.44. The van der Waals surface area contributed by atoms with Gasteiger partial charge in [0.15, 0.2) is 0 Å². The number of allylic oxidation sites excluding steroid dienone is 1. The lowest BCUT2D eigenvalue weighted by atomic mass is 9.90. The van der Waals surface area contributed by atoms with Gasteiger partial charge in [-0.25, -0.2) is 23.0 Å². The molecule has 0 fully saturated rings. The van der Waals surface area contributed by atoms with Gasteiger partial charge in [-0.2, -0.15) is 0 Å². The van der Waals surface area contributed by atoms with E-state index in [-0.39, 0.29) is 29.4 Å². The van der Waals surface area contributed by atoms with E-state index in [0.717, 1.165) is 35.1 Å². The topological polar surface area (TPSA) is 52.9 Å². The summed E-state index contributed by atoms with van der Waals surface area (Å²) >= 11 is 0. The molecule has 7 heteroatoms. The van der Waals surface area contributed by atoms with Crippen LogP contribution in [0.2, 0.25) is 0 Å². The van der Waals surface area contributed by atoms with Crippen LogP contribution in [0.3, 0.4) is 0 Å². The second-order valence-electron chi connectivity index (χ2n) is 8.74. The lowest BCUT2D eigenvalue weighted by Gasteiger charge is -2.41. The van der Waals surface area contributed by atoms with Gasteiger partial charge in [0.25, 0.3) is 0 Å². The average molecular weight is 440 g/mol. The highest BCUT2D eigenvalue weighted by molar-refractivity contribution is 5.87. The Hall–Kier alpha value is -3.35. The Morgan fingerprint density at radius 3 is 2.53 bits per heavy atom. The van der Waals surface area contributed by atoms with Gasteiger partial charge in [-0.3, -0.25) is 0 Å². The minimum Gasteiger partial charge on any atom is -0.478 e. The predicted octanol–water partition coefficient (Wildman–Crippen LogP) is 4.06. The van der Waals surface area contributed by atoms with Crippen LogP contribution in [0.4, 0.5) is 13.2 Å². The molecule has 0 saturated carbocycles. The van der Waals surface area contributed by atoms with Crippen LogP contribution in [0, 0.1) is 11.6 Å². The molecule has 2 aromatic rings. The van der Waals surface area contributed by atoms with Gasteiger partial charge >= 0.3 is 5.97 Å². The van der Waals surface area contributed by atoms with E-state index in [2.05, 4.69) is 4.99 Å². The van der Waals surface area contributed by atoms with E-state index in [1.54, 1.807) is 4.90 Å². The van der Waals surface area contributed by atoms with Crippen LogP contribution < -0.4 is 10.6 Å². The van der Waals surface area contributed by atoms with E-state index in [9.17, 15) is 9.18 Å². The Labute approximate surface area is 183 Å². The summed E-state index contributed by atoms with van der Waals surface area (Å²) in [6.45, 7) is 4.69. The third kappa shape index (κ3) is 4.07. The number of para-hydroxylation sites is 1. The molecular weight excluding hydrogens is 417 g/mol. The molecule has 2 aromatic carbocycles.